The summed E-state index contributed by atoms with van der Waals surface area (Å²) in [5, 5.41) is 7.03. The van der Waals surface area contributed by atoms with Crippen molar-refractivity contribution in [1.82, 2.24) is 38.6 Å². The maximum atomic E-state index is 5.05. The third-order valence-corrected chi connectivity index (χ3v) is 14.6. The van der Waals surface area contributed by atoms with Crippen LogP contribution in [-0.4, -0.2) is 38.6 Å². The summed E-state index contributed by atoms with van der Waals surface area (Å²) in [5.74, 6) is 1.88. The number of benzene rings is 9. The van der Waals surface area contributed by atoms with Gasteiger partial charge in [-0.25, -0.2) is 15.0 Å². The molecule has 0 aliphatic rings. The fourth-order valence-electron chi connectivity index (χ4n) is 11.1. The van der Waals surface area contributed by atoms with Crippen LogP contribution >= 0.6 is 0 Å². The highest BCUT2D eigenvalue weighted by Gasteiger charge is 2.21. The molecular formula is C67H42N8. The van der Waals surface area contributed by atoms with E-state index in [1.807, 2.05) is 97.3 Å². The highest BCUT2D eigenvalue weighted by Crippen LogP contribution is 2.41. The van der Waals surface area contributed by atoms with E-state index in [2.05, 4.69) is 171 Å². The second kappa shape index (κ2) is 17.2. The summed E-state index contributed by atoms with van der Waals surface area (Å²) in [5.41, 5.74) is 16.8. The standard InChI is InChI=1S/C67H42N8/c1-3-15-43(16-4-1)65-70-66(44-17-5-2-6-18-44)72-67(71-65)45-25-29-48(30-26-45)73-63-35-31-49(74-59-23-9-7-19-51(59)53-39-46(27-33-61(53)74)57-21-11-13-37-68-57)41-55(63)56-42-50(32-36-64(56)73)75-60-24-10-8-20-52(60)54-40-47(28-34-62(54)75)58-22-12-14-38-69-58/h1-42H. The summed E-state index contributed by atoms with van der Waals surface area (Å²) < 4.78 is 7.20. The lowest BCUT2D eigenvalue weighted by Crippen LogP contribution is -2.00. The molecule has 6 aromatic heterocycles. The van der Waals surface area contributed by atoms with E-state index in [4.69, 9.17) is 24.9 Å². The first-order valence-corrected chi connectivity index (χ1v) is 25.1. The molecule has 350 valence electrons. The van der Waals surface area contributed by atoms with Crippen LogP contribution in [0.25, 0.3) is 139 Å². The Hall–Kier alpha value is -10.3. The van der Waals surface area contributed by atoms with E-state index in [-0.39, 0.29) is 0 Å². The molecule has 6 heterocycles. The second-order valence-corrected chi connectivity index (χ2v) is 18.9. The fourth-order valence-corrected chi connectivity index (χ4v) is 11.1. The second-order valence-electron chi connectivity index (χ2n) is 18.9. The highest BCUT2D eigenvalue weighted by molar-refractivity contribution is 6.14. The normalized spacial score (nSPS) is 11.7. The van der Waals surface area contributed by atoms with E-state index < -0.39 is 0 Å². The SMILES string of the molecule is c1ccc(-c2nc(-c3ccccc3)nc(-c3ccc(-n4c5ccc(-n6c7ccccc7c7cc(-c8ccccn8)ccc76)cc5c5cc(-n6c7ccccc7c7cc(-c8ccccn8)ccc76)ccc54)cc3)n2)cc1. The van der Waals surface area contributed by atoms with Gasteiger partial charge in [0.05, 0.1) is 44.5 Å². The van der Waals surface area contributed by atoms with Gasteiger partial charge in [0.1, 0.15) is 0 Å². The molecule has 0 bridgehead atoms. The number of nitrogens with zero attached hydrogens (tertiary/aromatic N) is 8. The highest BCUT2D eigenvalue weighted by atomic mass is 15.0. The van der Waals surface area contributed by atoms with Crippen molar-refractivity contribution in [2.75, 3.05) is 0 Å². The minimum absolute atomic E-state index is 0.613. The summed E-state index contributed by atoms with van der Waals surface area (Å²) in [6.45, 7) is 0. The molecule has 0 aliphatic carbocycles. The van der Waals surface area contributed by atoms with Crippen molar-refractivity contribution in [3.05, 3.63) is 255 Å². The van der Waals surface area contributed by atoms with Gasteiger partial charge in [-0.1, -0.05) is 121 Å². The Kier molecular flexibility index (Phi) is 9.71. The molecule has 0 amide bonds. The quantitative estimate of drug-likeness (QED) is 0.152. The van der Waals surface area contributed by atoms with Crippen LogP contribution in [-0.2, 0) is 0 Å². The van der Waals surface area contributed by atoms with Crippen LogP contribution in [0.2, 0.25) is 0 Å². The smallest absolute Gasteiger partial charge is 0.164 e. The van der Waals surface area contributed by atoms with Crippen LogP contribution in [0.3, 0.4) is 0 Å². The summed E-state index contributed by atoms with van der Waals surface area (Å²) in [6, 6.07) is 85.7. The van der Waals surface area contributed by atoms with Crippen LogP contribution in [0.15, 0.2) is 255 Å². The van der Waals surface area contributed by atoms with Crippen LogP contribution in [0.1, 0.15) is 0 Å². The first-order valence-electron chi connectivity index (χ1n) is 25.1. The Balaban J connectivity index is 0.929. The average molecular weight is 959 g/mol. The van der Waals surface area contributed by atoms with Gasteiger partial charge in [-0.2, -0.15) is 0 Å². The summed E-state index contributed by atoms with van der Waals surface area (Å²) >= 11 is 0. The lowest BCUT2D eigenvalue weighted by molar-refractivity contribution is 1.07. The third-order valence-electron chi connectivity index (χ3n) is 14.6. The molecule has 0 fully saturated rings. The zero-order valence-electron chi connectivity index (χ0n) is 40.3. The maximum Gasteiger partial charge on any atom is 0.164 e. The zero-order valence-corrected chi connectivity index (χ0v) is 40.3. The first-order chi connectivity index (χ1) is 37.2. The number of fused-ring (bicyclic) bond motifs is 9. The van der Waals surface area contributed by atoms with Crippen molar-refractivity contribution in [1.29, 1.82) is 0 Å². The topological polar surface area (TPSA) is 79.2 Å². The molecule has 0 aliphatic heterocycles. The van der Waals surface area contributed by atoms with Gasteiger partial charge in [-0.15, -0.1) is 0 Å². The molecule has 0 saturated carbocycles. The average Bonchev–Trinajstić information content (AvgIpc) is 4.18. The number of rotatable bonds is 8. The molecule has 0 radical (unpaired) electrons. The Bertz CT molecular complexity index is 4400. The van der Waals surface area contributed by atoms with E-state index in [0.717, 1.165) is 100 Å². The minimum atomic E-state index is 0.613. The maximum absolute atomic E-state index is 5.05. The van der Waals surface area contributed by atoms with Crippen LogP contribution in [0.4, 0.5) is 0 Å². The van der Waals surface area contributed by atoms with Crippen molar-refractivity contribution in [3.63, 3.8) is 0 Å². The fraction of sp³-hybridized carbons (Fsp3) is 0. The van der Waals surface area contributed by atoms with Crippen molar-refractivity contribution in [3.8, 4) is 73.7 Å². The molecule has 8 heteroatoms. The lowest BCUT2D eigenvalue weighted by Gasteiger charge is -2.12. The molecule has 75 heavy (non-hydrogen) atoms. The zero-order chi connectivity index (χ0) is 49.4. The molecule has 0 atom stereocenters. The van der Waals surface area contributed by atoms with Crippen molar-refractivity contribution >= 4 is 65.4 Å². The molecule has 15 rings (SSSR count). The summed E-state index contributed by atoms with van der Waals surface area (Å²) in [6.07, 6.45) is 3.71. The van der Waals surface area contributed by atoms with Crippen molar-refractivity contribution in [2.24, 2.45) is 0 Å². The van der Waals surface area contributed by atoms with Crippen LogP contribution in [0.5, 0.6) is 0 Å². The number of hydrogen-bond acceptors (Lipinski definition) is 5. The van der Waals surface area contributed by atoms with Gasteiger partial charge in [-0.05, 0) is 121 Å². The van der Waals surface area contributed by atoms with Crippen LogP contribution < -0.4 is 0 Å². The van der Waals surface area contributed by atoms with E-state index >= 15 is 0 Å². The van der Waals surface area contributed by atoms with Gasteiger partial charge in [0.2, 0.25) is 0 Å². The number of para-hydroxylation sites is 2. The van der Waals surface area contributed by atoms with Crippen molar-refractivity contribution < 1.29 is 0 Å². The predicted molar refractivity (Wildman–Crippen MR) is 306 cm³/mol. The van der Waals surface area contributed by atoms with E-state index in [1.165, 1.54) is 21.5 Å². The van der Waals surface area contributed by atoms with Gasteiger partial charge in [0.15, 0.2) is 17.5 Å². The van der Waals surface area contributed by atoms with E-state index in [9.17, 15) is 0 Å². The van der Waals surface area contributed by atoms with Crippen molar-refractivity contribution in [2.45, 2.75) is 0 Å². The Morgan fingerprint density at radius 2 is 0.560 bits per heavy atom. The van der Waals surface area contributed by atoms with E-state index in [0.29, 0.717) is 17.5 Å². The van der Waals surface area contributed by atoms with Gasteiger partial charge in [0.25, 0.3) is 0 Å². The minimum Gasteiger partial charge on any atom is -0.309 e. The number of pyridine rings is 2. The largest absolute Gasteiger partial charge is 0.309 e. The molecule has 0 N–H and O–H groups in total. The lowest BCUT2D eigenvalue weighted by atomic mass is 10.1. The molecular weight excluding hydrogens is 917 g/mol. The van der Waals surface area contributed by atoms with Gasteiger partial charge in [-0.3, -0.25) is 9.97 Å². The van der Waals surface area contributed by atoms with Gasteiger partial charge >= 0.3 is 0 Å². The number of aromatic nitrogens is 8. The van der Waals surface area contributed by atoms with E-state index in [1.54, 1.807) is 0 Å². The van der Waals surface area contributed by atoms with Gasteiger partial charge < -0.3 is 13.7 Å². The molecule has 15 aromatic rings. The predicted octanol–water partition coefficient (Wildman–Crippen LogP) is 16.3. The molecule has 8 nitrogen and oxygen atoms in total. The van der Waals surface area contributed by atoms with Crippen LogP contribution in [0, 0.1) is 0 Å². The Morgan fingerprint density at radius 3 is 1.00 bits per heavy atom. The Labute approximate surface area is 430 Å². The monoisotopic (exact) mass is 958 g/mol. The molecule has 0 unspecified atom stereocenters. The summed E-state index contributed by atoms with van der Waals surface area (Å²) in [7, 11) is 0. The molecule has 0 saturated heterocycles. The molecule has 9 aromatic carbocycles. The number of hydrogen-bond donors (Lipinski definition) is 0. The third kappa shape index (κ3) is 7.03. The van der Waals surface area contributed by atoms with Gasteiger partial charge in [0, 0.05) is 89.6 Å². The Morgan fingerprint density at radius 1 is 0.227 bits per heavy atom. The first kappa shape index (κ1) is 42.4. The molecule has 0 spiro atoms. The summed E-state index contributed by atoms with van der Waals surface area (Å²) in [4.78, 5) is 24.4.